The van der Waals surface area contributed by atoms with Crippen LogP contribution < -0.4 is 10.9 Å². The number of fused-ring (bicyclic) bond motifs is 4. The smallest absolute Gasteiger partial charge is 0.258 e. The molecular formula is C27H33N3O3. The molecule has 2 aliphatic heterocycles. The Hall–Kier alpha value is -2.70. The van der Waals surface area contributed by atoms with Crippen LogP contribution in [0.2, 0.25) is 0 Å². The first-order chi connectivity index (χ1) is 16.0. The molecule has 1 saturated heterocycles. The van der Waals surface area contributed by atoms with Gasteiger partial charge in [-0.15, -0.1) is 0 Å². The number of rotatable bonds is 7. The standard InChI is InChI=1S/C27H33N3O3/c1-3-7-20-12-13-22-25-24(26(32)28-17(2)19-8-5-4-6-9-19)21(16-31)23(15-30(22)27(20)33)29(25)14-18-10-11-18/h3-9,12-13,17-18,21,23-25,31H,10-11,14-16H2,1-2H3,(H,28,32)/b7-3-/t17-,21-,23-,24+,25+/m0/s1. The van der Waals surface area contributed by atoms with E-state index in [2.05, 4.69) is 10.2 Å². The van der Waals surface area contributed by atoms with Crippen molar-refractivity contribution in [2.75, 3.05) is 13.2 Å². The van der Waals surface area contributed by atoms with E-state index in [1.54, 1.807) is 0 Å². The van der Waals surface area contributed by atoms with E-state index in [1.807, 2.05) is 73.0 Å². The van der Waals surface area contributed by atoms with E-state index in [9.17, 15) is 14.7 Å². The van der Waals surface area contributed by atoms with Crippen LogP contribution in [0.4, 0.5) is 0 Å². The van der Waals surface area contributed by atoms with Gasteiger partial charge in [-0.3, -0.25) is 14.5 Å². The molecule has 0 unspecified atom stereocenters. The molecule has 2 fully saturated rings. The SMILES string of the molecule is C/C=C\c1ccc2n(c1=O)C[C@H]1[C@H](CO)[C@@H](C(=O)N[C@@H](C)c3ccccc3)[C@@H]2N1CC1CC1. The van der Waals surface area contributed by atoms with Gasteiger partial charge in [-0.25, -0.2) is 0 Å². The maximum Gasteiger partial charge on any atom is 0.258 e. The van der Waals surface area contributed by atoms with Gasteiger partial charge in [-0.05, 0) is 50.3 Å². The number of nitrogens with one attached hydrogen (secondary N) is 1. The van der Waals surface area contributed by atoms with Gasteiger partial charge in [0.1, 0.15) is 0 Å². The molecular weight excluding hydrogens is 414 g/mol. The Labute approximate surface area is 194 Å². The summed E-state index contributed by atoms with van der Waals surface area (Å²) in [5.41, 5.74) is 2.60. The second-order valence-electron chi connectivity index (χ2n) is 9.79. The fraction of sp³-hybridized carbons (Fsp3) is 0.481. The van der Waals surface area contributed by atoms with Crippen molar-refractivity contribution in [3.05, 3.63) is 75.7 Å². The maximum atomic E-state index is 13.7. The third-order valence-corrected chi connectivity index (χ3v) is 7.67. The summed E-state index contributed by atoms with van der Waals surface area (Å²) in [6.07, 6.45) is 6.14. The van der Waals surface area contributed by atoms with Gasteiger partial charge in [0.25, 0.3) is 5.56 Å². The lowest BCUT2D eigenvalue weighted by Gasteiger charge is -2.38. The van der Waals surface area contributed by atoms with Crippen LogP contribution in [0.5, 0.6) is 0 Å². The van der Waals surface area contributed by atoms with Crippen molar-refractivity contribution in [2.24, 2.45) is 17.8 Å². The second-order valence-corrected chi connectivity index (χ2v) is 9.79. The number of aliphatic hydroxyl groups excluding tert-OH is 1. The topological polar surface area (TPSA) is 74.6 Å². The van der Waals surface area contributed by atoms with Crippen molar-refractivity contribution < 1.29 is 9.90 Å². The summed E-state index contributed by atoms with van der Waals surface area (Å²) >= 11 is 0. The zero-order valence-electron chi connectivity index (χ0n) is 19.4. The fourth-order valence-electron chi connectivity index (χ4n) is 5.83. The number of allylic oxidation sites excluding steroid dienone is 1. The van der Waals surface area contributed by atoms with Gasteiger partial charge in [0.05, 0.1) is 18.0 Å². The van der Waals surface area contributed by atoms with Crippen LogP contribution >= 0.6 is 0 Å². The van der Waals surface area contributed by atoms with E-state index in [0.717, 1.165) is 17.8 Å². The van der Waals surface area contributed by atoms with Gasteiger partial charge in [0.15, 0.2) is 0 Å². The number of aromatic nitrogens is 1. The molecule has 6 nitrogen and oxygen atoms in total. The van der Waals surface area contributed by atoms with Crippen molar-refractivity contribution in [2.45, 2.75) is 51.4 Å². The van der Waals surface area contributed by atoms with Crippen molar-refractivity contribution in [3.63, 3.8) is 0 Å². The summed E-state index contributed by atoms with van der Waals surface area (Å²) in [6, 6.07) is 13.5. The van der Waals surface area contributed by atoms with Crippen molar-refractivity contribution >= 4 is 12.0 Å². The highest BCUT2D eigenvalue weighted by Crippen LogP contribution is 2.50. The lowest BCUT2D eigenvalue weighted by molar-refractivity contribution is -0.128. The number of aliphatic hydroxyl groups is 1. The van der Waals surface area contributed by atoms with E-state index in [1.165, 1.54) is 12.8 Å². The Morgan fingerprint density at radius 2 is 1.97 bits per heavy atom. The number of hydrogen-bond donors (Lipinski definition) is 2. The number of hydrogen-bond acceptors (Lipinski definition) is 4. The molecule has 6 heteroatoms. The summed E-state index contributed by atoms with van der Waals surface area (Å²) in [5, 5.41) is 13.6. The molecule has 0 spiro atoms. The van der Waals surface area contributed by atoms with E-state index in [4.69, 9.17) is 0 Å². The zero-order chi connectivity index (χ0) is 23.1. The van der Waals surface area contributed by atoms with Crippen molar-refractivity contribution in [1.82, 2.24) is 14.8 Å². The van der Waals surface area contributed by atoms with Gasteiger partial charge in [-0.1, -0.05) is 42.5 Å². The lowest BCUT2D eigenvalue weighted by atomic mass is 9.86. The average molecular weight is 448 g/mol. The maximum absolute atomic E-state index is 13.7. The summed E-state index contributed by atoms with van der Waals surface area (Å²) in [7, 11) is 0. The Morgan fingerprint density at radius 1 is 1.21 bits per heavy atom. The van der Waals surface area contributed by atoms with Gasteiger partial charge in [0.2, 0.25) is 5.91 Å². The quantitative estimate of drug-likeness (QED) is 0.684. The number of nitrogens with zero attached hydrogens (tertiary/aromatic N) is 2. The monoisotopic (exact) mass is 447 g/mol. The van der Waals surface area contributed by atoms with Crippen LogP contribution in [0.1, 0.15) is 55.6 Å². The van der Waals surface area contributed by atoms with Crippen LogP contribution in [-0.2, 0) is 11.3 Å². The van der Waals surface area contributed by atoms with Gasteiger partial charge >= 0.3 is 0 Å². The number of carbonyl (C=O) groups excluding carboxylic acids is 1. The molecule has 3 heterocycles. The Balaban J connectivity index is 1.52. The molecule has 0 radical (unpaired) electrons. The second kappa shape index (κ2) is 8.92. The largest absolute Gasteiger partial charge is 0.396 e. The van der Waals surface area contributed by atoms with E-state index >= 15 is 0 Å². The average Bonchev–Trinajstić information content (AvgIpc) is 3.61. The first kappa shape index (κ1) is 22.1. The Kier molecular flexibility index (Phi) is 5.97. The van der Waals surface area contributed by atoms with E-state index < -0.39 is 5.92 Å². The molecule has 2 aromatic rings. The zero-order valence-corrected chi connectivity index (χ0v) is 19.4. The minimum absolute atomic E-state index is 0.0120. The van der Waals surface area contributed by atoms with Crippen LogP contribution in [0.25, 0.3) is 6.08 Å². The Morgan fingerprint density at radius 3 is 2.64 bits per heavy atom. The highest BCUT2D eigenvalue weighted by molar-refractivity contribution is 5.81. The fourth-order valence-corrected chi connectivity index (χ4v) is 5.83. The van der Waals surface area contributed by atoms with Crippen molar-refractivity contribution in [1.29, 1.82) is 0 Å². The molecule has 1 aromatic carbocycles. The molecule has 3 aliphatic rings. The molecule has 5 atom stereocenters. The van der Waals surface area contributed by atoms with Gasteiger partial charge < -0.3 is 15.0 Å². The summed E-state index contributed by atoms with van der Waals surface area (Å²) in [5.74, 6) is 0.00363. The highest BCUT2D eigenvalue weighted by atomic mass is 16.3. The van der Waals surface area contributed by atoms with E-state index in [-0.39, 0.29) is 42.1 Å². The molecule has 1 amide bonds. The number of benzene rings is 1. The number of carbonyl (C=O) groups is 1. The molecule has 33 heavy (non-hydrogen) atoms. The molecule has 1 aromatic heterocycles. The normalized spacial score (nSPS) is 27.5. The number of pyridine rings is 1. The van der Waals surface area contributed by atoms with E-state index in [0.29, 0.717) is 18.0 Å². The third kappa shape index (κ3) is 3.96. The Bertz CT molecular complexity index is 1110. The molecule has 2 N–H and O–H groups in total. The van der Waals surface area contributed by atoms with Crippen LogP contribution in [0.15, 0.2) is 53.3 Å². The summed E-state index contributed by atoms with van der Waals surface area (Å²) < 4.78 is 1.85. The number of amides is 1. The molecule has 174 valence electrons. The van der Waals surface area contributed by atoms with Crippen LogP contribution in [0.3, 0.4) is 0 Å². The molecule has 1 saturated carbocycles. The predicted octanol–water partition coefficient (Wildman–Crippen LogP) is 3.13. The molecule has 1 aliphatic carbocycles. The van der Waals surface area contributed by atoms with Crippen LogP contribution in [-0.4, -0.2) is 39.7 Å². The minimum Gasteiger partial charge on any atom is -0.396 e. The first-order valence-corrected chi connectivity index (χ1v) is 12.1. The predicted molar refractivity (Wildman–Crippen MR) is 128 cm³/mol. The van der Waals surface area contributed by atoms with Crippen molar-refractivity contribution in [3.8, 4) is 0 Å². The molecule has 2 bridgehead atoms. The first-order valence-electron chi connectivity index (χ1n) is 12.1. The van der Waals surface area contributed by atoms with Gasteiger partial charge in [0, 0.05) is 42.9 Å². The minimum atomic E-state index is -0.398. The summed E-state index contributed by atoms with van der Waals surface area (Å²) in [6.45, 7) is 5.28. The lowest BCUT2D eigenvalue weighted by Crippen LogP contribution is -2.47. The summed E-state index contributed by atoms with van der Waals surface area (Å²) in [4.78, 5) is 29.3. The third-order valence-electron chi connectivity index (χ3n) is 7.67. The molecule has 5 rings (SSSR count). The van der Waals surface area contributed by atoms with Crippen LogP contribution in [0, 0.1) is 17.8 Å². The van der Waals surface area contributed by atoms with Gasteiger partial charge in [-0.2, -0.15) is 0 Å². The highest BCUT2D eigenvalue weighted by Gasteiger charge is 2.56.